The Morgan fingerprint density at radius 2 is 2.17 bits per heavy atom. The van der Waals surface area contributed by atoms with Crippen molar-refractivity contribution in [2.45, 2.75) is 18.5 Å². The van der Waals surface area contributed by atoms with Crippen LogP contribution in [0.2, 0.25) is 0 Å². The van der Waals surface area contributed by atoms with Crippen LogP contribution in [-0.2, 0) is 9.53 Å². The van der Waals surface area contributed by atoms with Gasteiger partial charge in [-0.3, -0.25) is 9.69 Å². The fourth-order valence-corrected chi connectivity index (χ4v) is 1.98. The van der Waals surface area contributed by atoms with Crippen LogP contribution in [0.15, 0.2) is 0 Å². The number of hydrogen-bond donors (Lipinski definition) is 1. The van der Waals surface area contributed by atoms with E-state index in [1.54, 1.807) is 0 Å². The molecule has 1 N–H and O–H groups in total. The van der Waals surface area contributed by atoms with E-state index < -0.39 is 0 Å². The van der Waals surface area contributed by atoms with Gasteiger partial charge in [-0.1, -0.05) is 0 Å². The molecule has 0 saturated carbocycles. The number of carbonyl (C=O) groups excluding carboxylic acids is 1. The van der Waals surface area contributed by atoms with E-state index in [-0.39, 0.29) is 11.6 Å². The minimum absolute atomic E-state index is 0.0880. The Balaban J connectivity index is 2.13. The summed E-state index contributed by atoms with van der Waals surface area (Å²) in [6, 6.07) is 0. The molecule has 1 amide bonds. The molecule has 2 fully saturated rings. The van der Waals surface area contributed by atoms with Crippen molar-refractivity contribution in [1.29, 1.82) is 0 Å². The Bertz CT molecular complexity index is 199. The van der Waals surface area contributed by atoms with E-state index >= 15 is 0 Å². The highest BCUT2D eigenvalue weighted by atomic mass is 16.5. The summed E-state index contributed by atoms with van der Waals surface area (Å²) >= 11 is 0. The van der Waals surface area contributed by atoms with E-state index in [2.05, 4.69) is 10.2 Å². The van der Waals surface area contributed by atoms with Crippen molar-refractivity contribution in [1.82, 2.24) is 10.2 Å². The summed E-state index contributed by atoms with van der Waals surface area (Å²) in [6.07, 6.45) is 1.82. The summed E-state index contributed by atoms with van der Waals surface area (Å²) in [5.74, 6) is 0.138. The van der Waals surface area contributed by atoms with Gasteiger partial charge in [0.1, 0.15) is 0 Å². The van der Waals surface area contributed by atoms with Crippen LogP contribution in [0.1, 0.15) is 12.8 Å². The standard InChI is InChI=1S/C8H14N2O2/c1-10-6-7(11)9-8(10)2-4-12-5-3-8/h2-6H2,1H3,(H,9,11). The fourth-order valence-electron chi connectivity index (χ4n) is 1.98. The van der Waals surface area contributed by atoms with Crippen molar-refractivity contribution in [2.24, 2.45) is 0 Å². The number of hydrogen-bond acceptors (Lipinski definition) is 3. The molecule has 2 rings (SSSR count). The number of likely N-dealkylation sites (N-methyl/N-ethyl adjacent to an activating group) is 1. The smallest absolute Gasteiger partial charge is 0.235 e. The molecule has 2 saturated heterocycles. The molecule has 2 aliphatic heterocycles. The van der Waals surface area contributed by atoms with Crippen LogP contribution in [0.25, 0.3) is 0 Å². The average Bonchev–Trinajstić information content (AvgIpc) is 2.29. The van der Waals surface area contributed by atoms with Crippen LogP contribution in [0.3, 0.4) is 0 Å². The monoisotopic (exact) mass is 170 g/mol. The Hall–Kier alpha value is -0.610. The lowest BCUT2D eigenvalue weighted by molar-refractivity contribution is -0.119. The number of carbonyl (C=O) groups is 1. The highest BCUT2D eigenvalue weighted by Crippen LogP contribution is 2.26. The predicted molar refractivity (Wildman–Crippen MR) is 43.6 cm³/mol. The molecule has 2 heterocycles. The zero-order valence-corrected chi connectivity index (χ0v) is 7.30. The Kier molecular flexibility index (Phi) is 1.81. The maximum absolute atomic E-state index is 11.1. The van der Waals surface area contributed by atoms with Crippen molar-refractivity contribution in [3.8, 4) is 0 Å². The lowest BCUT2D eigenvalue weighted by atomic mass is 10.0. The van der Waals surface area contributed by atoms with Crippen LogP contribution in [0.5, 0.6) is 0 Å². The molecule has 68 valence electrons. The second kappa shape index (κ2) is 2.71. The molecule has 0 atom stereocenters. The molecule has 0 aromatic carbocycles. The first-order valence-electron chi connectivity index (χ1n) is 4.33. The lowest BCUT2D eigenvalue weighted by Gasteiger charge is -2.38. The van der Waals surface area contributed by atoms with E-state index in [0.717, 1.165) is 26.1 Å². The fraction of sp³-hybridized carbons (Fsp3) is 0.875. The van der Waals surface area contributed by atoms with Gasteiger partial charge < -0.3 is 10.1 Å². The minimum atomic E-state index is -0.0880. The summed E-state index contributed by atoms with van der Waals surface area (Å²) in [6.45, 7) is 2.04. The van der Waals surface area contributed by atoms with Crippen LogP contribution in [0, 0.1) is 0 Å². The van der Waals surface area contributed by atoms with Gasteiger partial charge in [0.25, 0.3) is 0 Å². The normalized spacial score (nSPS) is 29.2. The van der Waals surface area contributed by atoms with Crippen LogP contribution < -0.4 is 5.32 Å². The van der Waals surface area contributed by atoms with Crippen molar-refractivity contribution < 1.29 is 9.53 Å². The molecule has 0 aliphatic carbocycles. The van der Waals surface area contributed by atoms with Gasteiger partial charge in [-0.2, -0.15) is 0 Å². The van der Waals surface area contributed by atoms with E-state index in [9.17, 15) is 4.79 Å². The third-order valence-corrected chi connectivity index (χ3v) is 2.80. The molecule has 0 radical (unpaired) electrons. The number of rotatable bonds is 0. The average molecular weight is 170 g/mol. The second-order valence-corrected chi connectivity index (χ2v) is 3.55. The predicted octanol–water partition coefficient (Wildman–Crippen LogP) is -0.445. The maximum atomic E-state index is 11.1. The quantitative estimate of drug-likeness (QED) is 0.535. The van der Waals surface area contributed by atoms with Gasteiger partial charge in [0.2, 0.25) is 5.91 Å². The van der Waals surface area contributed by atoms with Gasteiger partial charge in [0.05, 0.1) is 25.4 Å². The van der Waals surface area contributed by atoms with Crippen molar-refractivity contribution in [3.63, 3.8) is 0 Å². The number of nitrogens with one attached hydrogen (secondary N) is 1. The van der Waals surface area contributed by atoms with Gasteiger partial charge in [0, 0.05) is 12.8 Å². The summed E-state index contributed by atoms with van der Waals surface area (Å²) in [4.78, 5) is 13.2. The molecule has 0 aromatic rings. The van der Waals surface area contributed by atoms with Gasteiger partial charge in [-0.05, 0) is 7.05 Å². The van der Waals surface area contributed by atoms with Gasteiger partial charge >= 0.3 is 0 Å². The molecule has 12 heavy (non-hydrogen) atoms. The first-order valence-corrected chi connectivity index (χ1v) is 4.33. The van der Waals surface area contributed by atoms with Crippen LogP contribution in [-0.4, -0.2) is 43.3 Å². The summed E-state index contributed by atoms with van der Waals surface area (Å²) in [5.41, 5.74) is -0.0880. The third-order valence-electron chi connectivity index (χ3n) is 2.80. The van der Waals surface area contributed by atoms with Crippen LogP contribution >= 0.6 is 0 Å². The van der Waals surface area contributed by atoms with Crippen molar-refractivity contribution in [2.75, 3.05) is 26.8 Å². The van der Waals surface area contributed by atoms with Gasteiger partial charge in [0.15, 0.2) is 0 Å². The molecule has 4 heteroatoms. The molecule has 1 spiro atoms. The minimum Gasteiger partial charge on any atom is -0.381 e. The second-order valence-electron chi connectivity index (χ2n) is 3.55. The zero-order valence-electron chi connectivity index (χ0n) is 7.30. The number of amides is 1. The first-order chi connectivity index (χ1) is 5.73. The maximum Gasteiger partial charge on any atom is 0.235 e. The SMILES string of the molecule is CN1CC(=O)NC12CCOCC2. The number of ether oxygens (including phenoxy) is 1. The molecule has 0 bridgehead atoms. The van der Waals surface area contributed by atoms with Crippen molar-refractivity contribution >= 4 is 5.91 Å². The molecule has 4 nitrogen and oxygen atoms in total. The first kappa shape index (κ1) is 8.01. The van der Waals surface area contributed by atoms with E-state index in [1.807, 2.05) is 7.05 Å². The molecule has 2 aliphatic rings. The van der Waals surface area contributed by atoms with Crippen LogP contribution in [0.4, 0.5) is 0 Å². The van der Waals surface area contributed by atoms with Crippen molar-refractivity contribution in [3.05, 3.63) is 0 Å². The Labute approximate surface area is 71.9 Å². The Morgan fingerprint density at radius 3 is 2.67 bits per heavy atom. The highest BCUT2D eigenvalue weighted by molar-refractivity contribution is 5.81. The van der Waals surface area contributed by atoms with E-state index in [1.165, 1.54) is 0 Å². The largest absolute Gasteiger partial charge is 0.381 e. The summed E-state index contributed by atoms with van der Waals surface area (Å²) in [5, 5.41) is 3.03. The molecular weight excluding hydrogens is 156 g/mol. The Morgan fingerprint density at radius 1 is 1.50 bits per heavy atom. The van der Waals surface area contributed by atoms with Gasteiger partial charge in [-0.15, -0.1) is 0 Å². The van der Waals surface area contributed by atoms with Gasteiger partial charge in [-0.25, -0.2) is 0 Å². The summed E-state index contributed by atoms with van der Waals surface area (Å²) in [7, 11) is 1.99. The third kappa shape index (κ3) is 1.11. The lowest BCUT2D eigenvalue weighted by Crippen LogP contribution is -2.53. The topological polar surface area (TPSA) is 41.6 Å². The zero-order chi connectivity index (χ0) is 8.60. The number of nitrogens with zero attached hydrogens (tertiary/aromatic N) is 1. The van der Waals surface area contributed by atoms with E-state index in [0.29, 0.717) is 6.54 Å². The summed E-state index contributed by atoms with van der Waals surface area (Å²) < 4.78 is 5.26. The highest BCUT2D eigenvalue weighted by Gasteiger charge is 2.43. The molecule has 0 aromatic heterocycles. The molecular formula is C8H14N2O2. The molecule has 0 unspecified atom stereocenters. The van der Waals surface area contributed by atoms with E-state index in [4.69, 9.17) is 4.74 Å².